The Kier molecular flexibility index (Phi) is 6.47. The van der Waals surface area contributed by atoms with Crippen LogP contribution >= 0.6 is 0 Å². The van der Waals surface area contributed by atoms with Crippen molar-refractivity contribution in [2.75, 3.05) is 7.05 Å². The quantitative estimate of drug-likeness (QED) is 0.588. The standard InChI is InChI=1S/C24H24N2O4/c1-3-18-19(12-22(29)26(2)15-16-8-7-11-25-14-16)23(21(28)13-20(18)27)24(30)17-9-5-4-6-10-17/h4-11,13-14,27-28H,3,12,15H2,1-2H3. The summed E-state index contributed by atoms with van der Waals surface area (Å²) in [6.45, 7) is 2.19. The van der Waals surface area contributed by atoms with E-state index < -0.39 is 0 Å². The number of carbonyl (C=O) groups is 2. The summed E-state index contributed by atoms with van der Waals surface area (Å²) in [7, 11) is 1.67. The number of ketones is 1. The molecular formula is C24H24N2O4. The fraction of sp³-hybridized carbons (Fsp3) is 0.208. The zero-order valence-corrected chi connectivity index (χ0v) is 17.0. The molecule has 1 amide bonds. The highest BCUT2D eigenvalue weighted by atomic mass is 16.3. The Bertz CT molecular complexity index is 1050. The van der Waals surface area contributed by atoms with E-state index in [1.54, 1.807) is 55.8 Å². The van der Waals surface area contributed by atoms with Gasteiger partial charge >= 0.3 is 0 Å². The van der Waals surface area contributed by atoms with E-state index in [0.29, 0.717) is 29.7 Å². The molecule has 0 aliphatic carbocycles. The molecular weight excluding hydrogens is 380 g/mol. The number of phenols is 2. The maximum atomic E-state index is 13.1. The van der Waals surface area contributed by atoms with Crippen molar-refractivity contribution in [2.24, 2.45) is 0 Å². The van der Waals surface area contributed by atoms with Gasteiger partial charge < -0.3 is 15.1 Å². The number of amides is 1. The summed E-state index contributed by atoms with van der Waals surface area (Å²) in [5.41, 5.74) is 2.17. The molecule has 154 valence electrons. The van der Waals surface area contributed by atoms with Crippen LogP contribution in [0.3, 0.4) is 0 Å². The maximum absolute atomic E-state index is 13.1. The fourth-order valence-electron chi connectivity index (χ4n) is 3.47. The number of hydrogen-bond donors (Lipinski definition) is 2. The first kappa shape index (κ1) is 21.0. The average Bonchev–Trinajstić information content (AvgIpc) is 2.74. The van der Waals surface area contributed by atoms with Gasteiger partial charge in [-0.1, -0.05) is 43.3 Å². The van der Waals surface area contributed by atoms with E-state index in [2.05, 4.69) is 4.98 Å². The van der Waals surface area contributed by atoms with Crippen molar-refractivity contribution in [3.05, 3.63) is 88.7 Å². The number of benzene rings is 2. The van der Waals surface area contributed by atoms with E-state index in [9.17, 15) is 19.8 Å². The molecule has 0 radical (unpaired) electrons. The van der Waals surface area contributed by atoms with Crippen LogP contribution in [0.1, 0.15) is 39.5 Å². The molecule has 0 saturated heterocycles. The zero-order valence-electron chi connectivity index (χ0n) is 17.0. The molecule has 0 aliphatic rings. The van der Waals surface area contributed by atoms with E-state index in [1.807, 2.05) is 13.0 Å². The van der Waals surface area contributed by atoms with Crippen LogP contribution in [0, 0.1) is 0 Å². The van der Waals surface area contributed by atoms with Gasteiger partial charge in [0.1, 0.15) is 11.5 Å². The fourth-order valence-corrected chi connectivity index (χ4v) is 3.47. The molecule has 3 aromatic rings. The molecule has 0 fully saturated rings. The van der Waals surface area contributed by atoms with Crippen LogP contribution in [0.4, 0.5) is 0 Å². The molecule has 0 unspecified atom stereocenters. The van der Waals surface area contributed by atoms with Crippen molar-refractivity contribution in [3.8, 4) is 11.5 Å². The molecule has 0 spiro atoms. The Morgan fingerprint density at radius 3 is 2.37 bits per heavy atom. The Morgan fingerprint density at radius 1 is 1.00 bits per heavy atom. The van der Waals surface area contributed by atoms with Gasteiger partial charge in [-0.15, -0.1) is 0 Å². The molecule has 6 nitrogen and oxygen atoms in total. The topological polar surface area (TPSA) is 90.7 Å². The van der Waals surface area contributed by atoms with E-state index in [1.165, 1.54) is 11.0 Å². The van der Waals surface area contributed by atoms with Crippen molar-refractivity contribution >= 4 is 11.7 Å². The van der Waals surface area contributed by atoms with Crippen LogP contribution in [0.5, 0.6) is 11.5 Å². The smallest absolute Gasteiger partial charge is 0.227 e. The van der Waals surface area contributed by atoms with Gasteiger partial charge in [0.15, 0.2) is 5.78 Å². The molecule has 2 N–H and O–H groups in total. The van der Waals surface area contributed by atoms with E-state index in [-0.39, 0.29) is 35.2 Å². The van der Waals surface area contributed by atoms with Crippen LogP contribution in [0.25, 0.3) is 0 Å². The number of nitrogens with zero attached hydrogens (tertiary/aromatic N) is 2. The Balaban J connectivity index is 1.98. The minimum Gasteiger partial charge on any atom is -0.508 e. The van der Waals surface area contributed by atoms with Gasteiger partial charge in [-0.05, 0) is 29.2 Å². The first-order valence-electron chi connectivity index (χ1n) is 9.71. The summed E-state index contributed by atoms with van der Waals surface area (Å²) < 4.78 is 0. The maximum Gasteiger partial charge on any atom is 0.227 e. The highest BCUT2D eigenvalue weighted by Crippen LogP contribution is 2.35. The first-order chi connectivity index (χ1) is 14.4. The predicted octanol–water partition coefficient (Wildman–Crippen LogP) is 3.49. The average molecular weight is 404 g/mol. The summed E-state index contributed by atoms with van der Waals surface area (Å²) in [5, 5.41) is 20.8. The summed E-state index contributed by atoms with van der Waals surface area (Å²) in [6, 6.07) is 13.4. The molecule has 6 heteroatoms. The number of likely N-dealkylation sites (N-methyl/N-ethyl adjacent to an activating group) is 1. The van der Waals surface area contributed by atoms with Crippen molar-refractivity contribution in [3.63, 3.8) is 0 Å². The van der Waals surface area contributed by atoms with Gasteiger partial charge in [-0.3, -0.25) is 14.6 Å². The largest absolute Gasteiger partial charge is 0.508 e. The van der Waals surface area contributed by atoms with E-state index in [4.69, 9.17) is 0 Å². The van der Waals surface area contributed by atoms with Gasteiger partial charge in [0.05, 0.1) is 12.0 Å². The van der Waals surface area contributed by atoms with Gasteiger partial charge in [0.2, 0.25) is 5.91 Å². The Labute approximate surface area is 175 Å². The molecule has 0 atom stereocenters. The molecule has 0 saturated carbocycles. The number of carbonyl (C=O) groups excluding carboxylic acids is 2. The lowest BCUT2D eigenvalue weighted by atomic mass is 9.89. The Morgan fingerprint density at radius 2 is 1.73 bits per heavy atom. The molecule has 0 bridgehead atoms. The van der Waals surface area contributed by atoms with Crippen molar-refractivity contribution in [1.82, 2.24) is 9.88 Å². The highest BCUT2D eigenvalue weighted by molar-refractivity contribution is 6.12. The van der Waals surface area contributed by atoms with Gasteiger partial charge in [0.25, 0.3) is 0 Å². The zero-order chi connectivity index (χ0) is 21.7. The third-order valence-electron chi connectivity index (χ3n) is 5.02. The number of rotatable bonds is 7. The van der Waals surface area contributed by atoms with E-state index >= 15 is 0 Å². The minimum atomic E-state index is -0.388. The lowest BCUT2D eigenvalue weighted by Crippen LogP contribution is -2.29. The molecule has 3 rings (SSSR count). The molecule has 2 aromatic carbocycles. The molecule has 0 aliphatic heterocycles. The van der Waals surface area contributed by atoms with Crippen LogP contribution in [0.15, 0.2) is 60.9 Å². The third-order valence-corrected chi connectivity index (χ3v) is 5.02. The summed E-state index contributed by atoms with van der Waals surface area (Å²) >= 11 is 0. The lowest BCUT2D eigenvalue weighted by molar-refractivity contribution is -0.129. The third kappa shape index (κ3) is 4.49. The first-order valence-corrected chi connectivity index (χ1v) is 9.71. The van der Waals surface area contributed by atoms with Crippen molar-refractivity contribution in [1.29, 1.82) is 0 Å². The number of aromatic nitrogens is 1. The SMILES string of the molecule is CCc1c(O)cc(O)c(C(=O)c2ccccc2)c1CC(=O)N(C)Cc1cccnc1. The Hall–Kier alpha value is -3.67. The van der Waals surface area contributed by atoms with Gasteiger partial charge in [-0.2, -0.15) is 0 Å². The molecule has 30 heavy (non-hydrogen) atoms. The second kappa shape index (κ2) is 9.22. The van der Waals surface area contributed by atoms with Gasteiger partial charge in [-0.25, -0.2) is 0 Å². The second-order valence-corrected chi connectivity index (χ2v) is 7.08. The summed E-state index contributed by atoms with van der Waals surface area (Å²) in [5.74, 6) is -1.09. The summed E-state index contributed by atoms with van der Waals surface area (Å²) in [6.07, 6.45) is 3.65. The predicted molar refractivity (Wildman–Crippen MR) is 113 cm³/mol. The highest BCUT2D eigenvalue weighted by Gasteiger charge is 2.25. The monoisotopic (exact) mass is 404 g/mol. The number of hydrogen-bond acceptors (Lipinski definition) is 5. The summed E-state index contributed by atoms with van der Waals surface area (Å²) in [4.78, 5) is 31.7. The molecule has 1 aromatic heterocycles. The van der Waals surface area contributed by atoms with Crippen LogP contribution in [-0.4, -0.2) is 38.8 Å². The van der Waals surface area contributed by atoms with Gasteiger partial charge in [0, 0.05) is 37.6 Å². The second-order valence-electron chi connectivity index (χ2n) is 7.08. The van der Waals surface area contributed by atoms with E-state index in [0.717, 1.165) is 5.56 Å². The van der Waals surface area contributed by atoms with Crippen molar-refractivity contribution < 1.29 is 19.8 Å². The van der Waals surface area contributed by atoms with Crippen molar-refractivity contribution in [2.45, 2.75) is 26.3 Å². The number of phenolic OH excluding ortho intramolecular Hbond substituents is 2. The molecule has 1 heterocycles. The normalized spacial score (nSPS) is 10.6. The van der Waals surface area contributed by atoms with Crippen LogP contribution in [0.2, 0.25) is 0 Å². The number of pyridine rings is 1. The number of aromatic hydroxyl groups is 2. The van der Waals surface area contributed by atoms with Crippen LogP contribution in [-0.2, 0) is 24.2 Å². The van der Waals surface area contributed by atoms with Crippen LogP contribution < -0.4 is 0 Å². The lowest BCUT2D eigenvalue weighted by Gasteiger charge is -2.21. The minimum absolute atomic E-state index is 0.0546.